The molecule has 8 heteroatoms. The predicted molar refractivity (Wildman–Crippen MR) is 108 cm³/mol. The van der Waals surface area contributed by atoms with E-state index in [0.717, 1.165) is 4.90 Å². The number of halogens is 2. The van der Waals surface area contributed by atoms with Gasteiger partial charge in [-0.1, -0.05) is 23.2 Å². The molecule has 0 saturated carbocycles. The Morgan fingerprint density at radius 1 is 0.862 bits per heavy atom. The van der Waals surface area contributed by atoms with Crippen LogP contribution in [0.1, 0.15) is 31.1 Å². The molecule has 0 aromatic heterocycles. The van der Waals surface area contributed by atoms with E-state index in [1.165, 1.54) is 30.3 Å². The van der Waals surface area contributed by atoms with Crippen molar-refractivity contribution in [2.75, 3.05) is 4.90 Å². The lowest BCUT2D eigenvalue weighted by atomic mass is 10.1. The highest BCUT2D eigenvalue weighted by atomic mass is 35.5. The highest BCUT2D eigenvalue weighted by molar-refractivity contribution is 6.36. The number of carbonyl (C=O) groups is 3. The number of hydrogen-bond donors (Lipinski definition) is 1. The maximum atomic E-state index is 12.7. The van der Waals surface area contributed by atoms with E-state index in [1.54, 1.807) is 30.3 Å². The summed E-state index contributed by atoms with van der Waals surface area (Å²) in [5.41, 5.74) is 0.350. The van der Waals surface area contributed by atoms with Crippen LogP contribution in [0.15, 0.2) is 60.7 Å². The van der Waals surface area contributed by atoms with Crippen LogP contribution in [0.3, 0.4) is 0 Å². The summed E-state index contributed by atoms with van der Waals surface area (Å²) in [7, 11) is 0. The fourth-order valence-corrected chi connectivity index (χ4v) is 3.29. The van der Waals surface area contributed by atoms with Gasteiger partial charge in [-0.3, -0.25) is 9.59 Å². The fraction of sp³-hybridized carbons (Fsp3) is 0. The number of carbonyl (C=O) groups excluding carboxylic acids is 2. The second kappa shape index (κ2) is 7.24. The average molecular weight is 428 g/mol. The van der Waals surface area contributed by atoms with Crippen LogP contribution in [0.25, 0.3) is 0 Å². The molecular formula is C21H11Cl2NO5. The van der Waals surface area contributed by atoms with Gasteiger partial charge in [-0.05, 0) is 60.7 Å². The molecular weight excluding hydrogens is 417 g/mol. The number of rotatable bonds is 4. The first-order valence-electron chi connectivity index (χ1n) is 8.34. The highest BCUT2D eigenvalue weighted by Crippen LogP contribution is 2.36. The summed E-state index contributed by atoms with van der Waals surface area (Å²) in [5, 5.41) is 9.87. The number of ether oxygens (including phenoxy) is 1. The second-order valence-electron chi connectivity index (χ2n) is 6.18. The van der Waals surface area contributed by atoms with Crippen molar-refractivity contribution >= 4 is 46.7 Å². The van der Waals surface area contributed by atoms with Gasteiger partial charge in [-0.15, -0.1) is 0 Å². The number of anilines is 1. The predicted octanol–water partition coefficient (Wildman–Crippen LogP) is 5.28. The molecule has 0 fully saturated rings. The van der Waals surface area contributed by atoms with Crippen molar-refractivity contribution in [3.05, 3.63) is 87.4 Å². The molecule has 0 saturated heterocycles. The quantitative estimate of drug-likeness (QED) is 0.572. The van der Waals surface area contributed by atoms with E-state index in [-0.39, 0.29) is 27.4 Å². The number of carboxylic acids is 1. The highest BCUT2D eigenvalue weighted by Gasteiger charge is 2.37. The van der Waals surface area contributed by atoms with Gasteiger partial charge in [0.25, 0.3) is 11.8 Å². The Kier molecular flexibility index (Phi) is 4.74. The Labute approximate surface area is 174 Å². The third kappa shape index (κ3) is 3.44. The molecule has 3 aromatic rings. The van der Waals surface area contributed by atoms with Crippen LogP contribution in [-0.2, 0) is 0 Å². The SMILES string of the molecule is O=C(O)c1ccc2c(c1)C(=O)N(c1ccc(Oc3ccc(Cl)cc3)c(Cl)c1)C2=O. The van der Waals surface area contributed by atoms with Gasteiger partial charge in [0.15, 0.2) is 0 Å². The van der Waals surface area contributed by atoms with Crippen LogP contribution in [-0.4, -0.2) is 22.9 Å². The third-order valence-electron chi connectivity index (χ3n) is 4.35. The van der Waals surface area contributed by atoms with Crippen LogP contribution in [0, 0.1) is 0 Å². The Hall–Kier alpha value is -3.35. The molecule has 0 aliphatic carbocycles. The van der Waals surface area contributed by atoms with Gasteiger partial charge in [0.05, 0.1) is 27.4 Å². The van der Waals surface area contributed by atoms with E-state index in [9.17, 15) is 14.4 Å². The summed E-state index contributed by atoms with van der Waals surface area (Å²) in [6, 6.07) is 15.0. The first-order chi connectivity index (χ1) is 13.8. The Balaban J connectivity index is 1.64. The summed E-state index contributed by atoms with van der Waals surface area (Å²) in [6.45, 7) is 0. The topological polar surface area (TPSA) is 83.9 Å². The zero-order valence-corrected chi connectivity index (χ0v) is 16.1. The van der Waals surface area contributed by atoms with Crippen LogP contribution < -0.4 is 9.64 Å². The van der Waals surface area contributed by atoms with Gasteiger partial charge in [-0.25, -0.2) is 9.69 Å². The van der Waals surface area contributed by atoms with E-state index in [2.05, 4.69) is 0 Å². The number of imide groups is 1. The van der Waals surface area contributed by atoms with Crippen molar-refractivity contribution in [2.45, 2.75) is 0 Å². The zero-order valence-electron chi connectivity index (χ0n) is 14.6. The molecule has 0 spiro atoms. The number of benzene rings is 3. The molecule has 0 bridgehead atoms. The lowest BCUT2D eigenvalue weighted by Crippen LogP contribution is -2.29. The molecule has 3 aromatic carbocycles. The van der Waals surface area contributed by atoms with Crippen molar-refractivity contribution in [1.29, 1.82) is 0 Å². The standard InChI is InChI=1S/C21H11Cl2NO5/c22-12-2-5-14(6-3-12)29-18-8-4-13(10-17(18)23)24-19(25)15-7-1-11(21(27)28)9-16(15)20(24)26/h1-10H,(H,27,28). The minimum atomic E-state index is -1.18. The molecule has 144 valence electrons. The zero-order chi connectivity index (χ0) is 20.7. The third-order valence-corrected chi connectivity index (χ3v) is 4.90. The molecule has 0 unspecified atom stereocenters. The average Bonchev–Trinajstić information content (AvgIpc) is 2.95. The van der Waals surface area contributed by atoms with Gasteiger partial charge < -0.3 is 9.84 Å². The molecule has 1 heterocycles. The minimum absolute atomic E-state index is 0.0347. The maximum absolute atomic E-state index is 12.7. The normalized spacial score (nSPS) is 12.8. The number of carboxylic acid groups (broad SMARTS) is 1. The fourth-order valence-electron chi connectivity index (χ4n) is 2.95. The summed E-state index contributed by atoms with van der Waals surface area (Å²) >= 11 is 12.1. The first kappa shape index (κ1) is 19.0. The lowest BCUT2D eigenvalue weighted by molar-refractivity contribution is 0.0696. The van der Waals surface area contributed by atoms with Crippen LogP contribution in [0.5, 0.6) is 11.5 Å². The van der Waals surface area contributed by atoms with Gasteiger partial charge >= 0.3 is 5.97 Å². The van der Waals surface area contributed by atoms with E-state index in [1.807, 2.05) is 0 Å². The Morgan fingerprint density at radius 3 is 2.21 bits per heavy atom. The Morgan fingerprint density at radius 2 is 1.55 bits per heavy atom. The molecule has 29 heavy (non-hydrogen) atoms. The van der Waals surface area contributed by atoms with Crippen LogP contribution in [0.2, 0.25) is 10.0 Å². The number of nitrogens with zero attached hydrogens (tertiary/aromatic N) is 1. The van der Waals surface area contributed by atoms with Crippen molar-refractivity contribution in [2.24, 2.45) is 0 Å². The second-order valence-corrected chi connectivity index (χ2v) is 7.03. The molecule has 2 amide bonds. The maximum Gasteiger partial charge on any atom is 0.335 e. The molecule has 0 atom stereocenters. The van der Waals surface area contributed by atoms with Crippen molar-refractivity contribution in [3.63, 3.8) is 0 Å². The molecule has 4 rings (SSSR count). The van der Waals surface area contributed by atoms with E-state index >= 15 is 0 Å². The molecule has 1 N–H and O–H groups in total. The van der Waals surface area contributed by atoms with Crippen LogP contribution >= 0.6 is 23.2 Å². The van der Waals surface area contributed by atoms with E-state index in [4.69, 9.17) is 33.0 Å². The van der Waals surface area contributed by atoms with Crippen molar-refractivity contribution < 1.29 is 24.2 Å². The van der Waals surface area contributed by atoms with Crippen LogP contribution in [0.4, 0.5) is 5.69 Å². The summed E-state index contributed by atoms with van der Waals surface area (Å²) < 4.78 is 5.70. The molecule has 1 aliphatic rings. The molecule has 6 nitrogen and oxygen atoms in total. The summed E-state index contributed by atoms with van der Waals surface area (Å²) in [6.07, 6.45) is 0. The van der Waals surface area contributed by atoms with Gasteiger partial charge in [0, 0.05) is 5.02 Å². The summed E-state index contributed by atoms with van der Waals surface area (Å²) in [5.74, 6) is -1.49. The summed E-state index contributed by atoms with van der Waals surface area (Å²) in [4.78, 5) is 37.5. The van der Waals surface area contributed by atoms with Gasteiger partial charge in [-0.2, -0.15) is 0 Å². The van der Waals surface area contributed by atoms with Crippen molar-refractivity contribution in [1.82, 2.24) is 0 Å². The Bertz CT molecular complexity index is 1170. The largest absolute Gasteiger partial charge is 0.478 e. The van der Waals surface area contributed by atoms with Crippen molar-refractivity contribution in [3.8, 4) is 11.5 Å². The van der Waals surface area contributed by atoms with E-state index < -0.39 is 17.8 Å². The first-order valence-corrected chi connectivity index (χ1v) is 9.10. The van der Waals surface area contributed by atoms with Gasteiger partial charge in [0.2, 0.25) is 0 Å². The number of hydrogen-bond acceptors (Lipinski definition) is 4. The monoisotopic (exact) mass is 427 g/mol. The van der Waals surface area contributed by atoms with E-state index in [0.29, 0.717) is 16.5 Å². The number of aromatic carboxylic acids is 1. The number of amides is 2. The minimum Gasteiger partial charge on any atom is -0.478 e. The smallest absolute Gasteiger partial charge is 0.335 e. The number of fused-ring (bicyclic) bond motifs is 1. The lowest BCUT2D eigenvalue weighted by Gasteiger charge is -2.15. The molecule has 1 aliphatic heterocycles. The molecule has 0 radical (unpaired) electrons. The van der Waals surface area contributed by atoms with Gasteiger partial charge in [0.1, 0.15) is 11.5 Å².